The number of benzene rings is 1. The fourth-order valence-electron chi connectivity index (χ4n) is 3.42. The van der Waals surface area contributed by atoms with E-state index in [1.807, 2.05) is 30.5 Å². The van der Waals surface area contributed by atoms with E-state index in [1.54, 1.807) is 0 Å². The monoisotopic (exact) mass is 348 g/mol. The number of pyridine rings is 1. The largest absolute Gasteiger partial charge is 0.365 e. The van der Waals surface area contributed by atoms with Crippen LogP contribution in [0.25, 0.3) is 10.9 Å². The molecular weight excluding hydrogens is 324 g/mol. The van der Waals surface area contributed by atoms with E-state index in [9.17, 15) is 4.79 Å². The molecule has 1 aliphatic carbocycles. The Kier molecular flexibility index (Phi) is 4.69. The Morgan fingerprint density at radius 3 is 2.85 bits per heavy atom. The molecule has 5 nitrogen and oxygen atoms in total. The number of rotatable bonds is 7. The summed E-state index contributed by atoms with van der Waals surface area (Å²) < 4.78 is 0. The number of aromatic nitrogens is 3. The molecule has 3 aromatic rings. The van der Waals surface area contributed by atoms with E-state index in [0.717, 1.165) is 22.4 Å². The van der Waals surface area contributed by atoms with E-state index < -0.39 is 0 Å². The van der Waals surface area contributed by atoms with Crippen molar-refractivity contribution in [2.45, 2.75) is 51.0 Å². The van der Waals surface area contributed by atoms with Gasteiger partial charge in [-0.25, -0.2) is 0 Å². The average Bonchev–Trinajstić information content (AvgIpc) is 3.01. The highest BCUT2D eigenvalue weighted by molar-refractivity contribution is 5.90. The summed E-state index contributed by atoms with van der Waals surface area (Å²) in [7, 11) is 0. The summed E-state index contributed by atoms with van der Waals surface area (Å²) in [6.45, 7) is 2.09. The fourth-order valence-corrected chi connectivity index (χ4v) is 3.42. The first kappa shape index (κ1) is 16.8. The van der Waals surface area contributed by atoms with Crippen LogP contribution < -0.4 is 5.32 Å². The molecule has 1 saturated carbocycles. The maximum absolute atomic E-state index is 12.5. The third-order valence-electron chi connectivity index (χ3n) is 5.23. The molecule has 0 spiro atoms. The van der Waals surface area contributed by atoms with Crippen molar-refractivity contribution in [1.29, 1.82) is 0 Å². The molecule has 1 fully saturated rings. The number of carbonyl (C=O) groups excluding carboxylic acids is 1. The Balaban J connectivity index is 1.41. The van der Waals surface area contributed by atoms with Crippen molar-refractivity contribution in [3.63, 3.8) is 0 Å². The minimum atomic E-state index is 0.209. The van der Waals surface area contributed by atoms with Crippen LogP contribution in [-0.2, 0) is 11.2 Å². The van der Waals surface area contributed by atoms with Crippen LogP contribution >= 0.6 is 0 Å². The van der Waals surface area contributed by atoms with Gasteiger partial charge < -0.3 is 5.32 Å². The van der Waals surface area contributed by atoms with Crippen molar-refractivity contribution in [3.05, 3.63) is 53.9 Å². The van der Waals surface area contributed by atoms with Crippen molar-refractivity contribution < 1.29 is 4.79 Å². The molecule has 1 atom stereocenters. The van der Waals surface area contributed by atoms with E-state index in [1.165, 1.54) is 24.8 Å². The number of nitrogens with zero attached hydrogens (tertiary/aromatic N) is 2. The molecule has 0 radical (unpaired) electrons. The van der Waals surface area contributed by atoms with E-state index >= 15 is 0 Å². The van der Waals surface area contributed by atoms with Gasteiger partial charge in [0.05, 0.1) is 10.9 Å². The number of aromatic amines is 1. The quantitative estimate of drug-likeness (QED) is 0.670. The van der Waals surface area contributed by atoms with Crippen LogP contribution in [0.15, 0.2) is 42.6 Å². The zero-order valence-electron chi connectivity index (χ0n) is 15.0. The molecule has 2 aromatic heterocycles. The summed E-state index contributed by atoms with van der Waals surface area (Å²) in [4.78, 5) is 16.9. The molecule has 0 aliphatic heterocycles. The second-order valence-corrected chi connectivity index (χ2v) is 7.30. The normalized spacial score (nSPS) is 15.6. The van der Waals surface area contributed by atoms with Crippen LogP contribution in [0.4, 0.5) is 5.82 Å². The summed E-state index contributed by atoms with van der Waals surface area (Å²) >= 11 is 0. The molecule has 5 heteroatoms. The van der Waals surface area contributed by atoms with Gasteiger partial charge in [-0.1, -0.05) is 37.3 Å². The maximum atomic E-state index is 12.5. The first-order valence-corrected chi connectivity index (χ1v) is 9.35. The molecular formula is C21H24N4O. The average molecular weight is 348 g/mol. The highest BCUT2D eigenvalue weighted by atomic mass is 16.1. The molecule has 0 bridgehead atoms. The predicted octanol–water partition coefficient (Wildman–Crippen LogP) is 4.23. The van der Waals surface area contributed by atoms with Crippen LogP contribution in [0.3, 0.4) is 0 Å². The molecule has 0 unspecified atom stereocenters. The SMILES string of the molecule is C[C@@H](CC(=O)Cc1cc2[nH]nc(NC3CCC3)c2cn1)c1ccccc1. The van der Waals surface area contributed by atoms with Gasteiger partial charge in [-0.15, -0.1) is 0 Å². The molecule has 2 heterocycles. The Morgan fingerprint density at radius 2 is 2.12 bits per heavy atom. The molecule has 1 aromatic carbocycles. The smallest absolute Gasteiger partial charge is 0.157 e. The lowest BCUT2D eigenvalue weighted by Crippen LogP contribution is -2.27. The van der Waals surface area contributed by atoms with Gasteiger partial charge >= 0.3 is 0 Å². The lowest BCUT2D eigenvalue weighted by atomic mass is 9.93. The lowest BCUT2D eigenvalue weighted by Gasteiger charge is -2.26. The second-order valence-electron chi connectivity index (χ2n) is 7.30. The van der Waals surface area contributed by atoms with Crippen LogP contribution in [0.2, 0.25) is 0 Å². The summed E-state index contributed by atoms with van der Waals surface area (Å²) in [6, 6.07) is 12.6. The van der Waals surface area contributed by atoms with E-state index in [4.69, 9.17) is 0 Å². The molecule has 2 N–H and O–H groups in total. The Bertz CT molecular complexity index is 899. The Hall–Kier alpha value is -2.69. The van der Waals surface area contributed by atoms with Crippen molar-refractivity contribution in [1.82, 2.24) is 15.2 Å². The minimum absolute atomic E-state index is 0.209. The third-order valence-corrected chi connectivity index (χ3v) is 5.23. The predicted molar refractivity (Wildman–Crippen MR) is 103 cm³/mol. The number of nitrogens with one attached hydrogen (secondary N) is 2. The molecule has 0 amide bonds. The van der Waals surface area contributed by atoms with Crippen molar-refractivity contribution in [2.24, 2.45) is 0 Å². The van der Waals surface area contributed by atoms with Crippen LogP contribution in [-0.4, -0.2) is 27.0 Å². The molecule has 26 heavy (non-hydrogen) atoms. The number of carbonyl (C=O) groups is 1. The first-order valence-electron chi connectivity index (χ1n) is 9.35. The lowest BCUT2D eigenvalue weighted by molar-refractivity contribution is -0.118. The zero-order valence-corrected chi connectivity index (χ0v) is 15.0. The summed E-state index contributed by atoms with van der Waals surface area (Å²) in [5.74, 6) is 1.30. The second kappa shape index (κ2) is 7.28. The van der Waals surface area contributed by atoms with Gasteiger partial charge in [0.25, 0.3) is 0 Å². The van der Waals surface area contributed by atoms with Crippen LogP contribution in [0.5, 0.6) is 0 Å². The first-order chi connectivity index (χ1) is 12.7. The number of Topliss-reactive ketones (excluding diaryl/α,β-unsaturated/α-hetero) is 1. The van der Waals surface area contributed by atoms with Gasteiger partial charge in [0.1, 0.15) is 5.78 Å². The summed E-state index contributed by atoms with van der Waals surface area (Å²) in [6.07, 6.45) is 6.40. The third kappa shape index (κ3) is 3.62. The number of hydrogen-bond donors (Lipinski definition) is 2. The summed E-state index contributed by atoms with van der Waals surface area (Å²) in [5, 5.41) is 11.9. The highest BCUT2D eigenvalue weighted by Gasteiger charge is 2.19. The maximum Gasteiger partial charge on any atom is 0.157 e. The van der Waals surface area contributed by atoms with Gasteiger partial charge in [-0.3, -0.25) is 14.9 Å². The fraction of sp³-hybridized carbons (Fsp3) is 0.381. The Morgan fingerprint density at radius 1 is 1.31 bits per heavy atom. The summed E-state index contributed by atoms with van der Waals surface area (Å²) in [5.41, 5.74) is 2.92. The standard InChI is InChI=1S/C21H24N4O/c1-14(15-6-3-2-4-7-15)10-18(26)11-17-12-20-19(13-22-17)21(25-24-20)23-16-8-5-9-16/h2-4,6-7,12-14,16H,5,8-11H2,1H3,(H2,23,24,25)/t14-/m0/s1. The van der Waals surface area contributed by atoms with Gasteiger partial charge in [0.15, 0.2) is 5.82 Å². The molecule has 0 saturated heterocycles. The Labute approximate surface area is 153 Å². The number of H-pyrrole nitrogens is 1. The van der Waals surface area contributed by atoms with Gasteiger partial charge in [-0.2, -0.15) is 5.10 Å². The number of anilines is 1. The minimum Gasteiger partial charge on any atom is -0.365 e. The van der Waals surface area contributed by atoms with Gasteiger partial charge in [0.2, 0.25) is 0 Å². The van der Waals surface area contributed by atoms with Crippen molar-refractivity contribution in [3.8, 4) is 0 Å². The number of hydrogen-bond acceptors (Lipinski definition) is 4. The van der Waals surface area contributed by atoms with Gasteiger partial charge in [-0.05, 0) is 36.8 Å². The van der Waals surface area contributed by atoms with Crippen molar-refractivity contribution >= 4 is 22.5 Å². The number of ketones is 1. The van der Waals surface area contributed by atoms with Crippen molar-refractivity contribution in [2.75, 3.05) is 5.32 Å². The number of fused-ring (bicyclic) bond motifs is 1. The zero-order chi connectivity index (χ0) is 17.9. The highest BCUT2D eigenvalue weighted by Crippen LogP contribution is 2.27. The van der Waals surface area contributed by atoms with E-state index in [2.05, 4.69) is 39.6 Å². The van der Waals surface area contributed by atoms with E-state index in [0.29, 0.717) is 18.9 Å². The molecule has 134 valence electrons. The molecule has 1 aliphatic rings. The van der Waals surface area contributed by atoms with E-state index in [-0.39, 0.29) is 11.7 Å². The van der Waals surface area contributed by atoms with Gasteiger partial charge in [0, 0.05) is 30.8 Å². The molecule has 4 rings (SSSR count). The van der Waals surface area contributed by atoms with Crippen LogP contribution in [0.1, 0.15) is 49.8 Å². The van der Waals surface area contributed by atoms with Crippen LogP contribution in [0, 0.1) is 0 Å². The topological polar surface area (TPSA) is 70.7 Å².